The van der Waals surface area contributed by atoms with E-state index in [4.69, 9.17) is 34.2 Å². The second kappa shape index (κ2) is 48.7. The molecule has 3 radical (unpaired) electrons. The van der Waals surface area contributed by atoms with Gasteiger partial charge in [0.2, 0.25) is 0 Å². The number of Topliss-reactive ketones (excluding diaryl/α,β-unsaturated/α-hetero) is 2. The largest absolute Gasteiger partial charge is 1.00 e. The molecule has 2 aliphatic rings. The predicted octanol–water partition coefficient (Wildman–Crippen LogP) is 16.7. The minimum Gasteiger partial charge on any atom is -0.550 e. The molecule has 9 aromatic rings. The SMILES string of the molecule is C.CC(C)(C)OC(=O)C[C@H]1C[C@@H](CCN)OC(C)(C)O1.CC(C)C(=O)CC(C(=O)c1ccc(F)cc1)c1ccc(F)cc1.CC(C)c1c(S(=O)(=O)Nc2ccccc2)c(-c2ccc(F)cc2)c(-c2ccc(F)cc2)n1CC[C@@H](O)C[C@@H](O)CC(=O)[O-].CC(C)c1cc(-c2ccc(F)cc2)c(-c2ccc(F)cc2)n1CC[C@@H]1C[C@H](CC(=O)OC(C)(C)C)OC(C)(C)O1.[B].[Na+]. The van der Waals surface area contributed by atoms with Crippen LogP contribution >= 0.6 is 0 Å². The second-order valence-electron chi connectivity index (χ2n) is 35.3. The number of carbonyl (C=O) groups is 5. The van der Waals surface area contributed by atoms with Gasteiger partial charge in [0, 0.05) is 92.8 Å². The molecule has 0 spiro atoms. The molecule has 1 unspecified atom stereocenters. The molecule has 4 heterocycles. The van der Waals surface area contributed by atoms with Gasteiger partial charge in [-0.2, -0.15) is 0 Å². The molecule has 29 heteroatoms. The Hall–Kier alpha value is -9.04. The van der Waals surface area contributed by atoms with Gasteiger partial charge in [-0.3, -0.25) is 23.9 Å². The van der Waals surface area contributed by atoms with Gasteiger partial charge >= 0.3 is 41.5 Å². The van der Waals surface area contributed by atoms with Gasteiger partial charge in [0.1, 0.15) is 56.8 Å². The summed E-state index contributed by atoms with van der Waals surface area (Å²) in [5, 5.41) is 31.6. The molecule has 11 rings (SSSR count). The first kappa shape index (κ1) is 109. The molecule has 0 amide bonds. The molecular formula is C99H123BF6N4NaO16S. The van der Waals surface area contributed by atoms with E-state index in [-0.39, 0.29) is 172 Å². The van der Waals surface area contributed by atoms with Gasteiger partial charge in [-0.05, 0) is 269 Å². The Morgan fingerprint density at radius 2 is 0.961 bits per heavy atom. The number of carbonyl (C=O) groups excluding carboxylic acids is 5. The van der Waals surface area contributed by atoms with Crippen LogP contribution < -0.4 is 45.1 Å². The fraction of sp³-hybridized carbons (Fsp3) is 0.444. The van der Waals surface area contributed by atoms with Gasteiger partial charge < -0.3 is 63.4 Å². The number of anilines is 1. The number of aliphatic hydroxyl groups is 2. The van der Waals surface area contributed by atoms with Crippen LogP contribution in [0.4, 0.5) is 32.0 Å². The first-order valence-electron chi connectivity index (χ1n) is 42.2. The van der Waals surface area contributed by atoms with Crippen LogP contribution in [0, 0.1) is 40.8 Å². The van der Waals surface area contributed by atoms with Crippen molar-refractivity contribution >= 4 is 53.6 Å². The Morgan fingerprint density at radius 3 is 1.38 bits per heavy atom. The normalized spacial score (nSPS) is 16.6. The summed E-state index contributed by atoms with van der Waals surface area (Å²) in [4.78, 5) is 60.0. The maximum Gasteiger partial charge on any atom is 1.00 e. The summed E-state index contributed by atoms with van der Waals surface area (Å²) in [6, 6.07) is 45.1. The fourth-order valence-corrected chi connectivity index (χ4v) is 16.8. The Morgan fingerprint density at radius 1 is 0.547 bits per heavy atom. The third-order valence-corrected chi connectivity index (χ3v) is 21.8. The van der Waals surface area contributed by atoms with Crippen LogP contribution in [-0.2, 0) is 70.7 Å². The molecule has 0 saturated carbocycles. The van der Waals surface area contributed by atoms with Crippen molar-refractivity contribution in [1.82, 2.24) is 9.13 Å². The number of esters is 2. The number of hydrogen-bond acceptors (Lipinski definition) is 17. The van der Waals surface area contributed by atoms with Gasteiger partial charge in [0.25, 0.3) is 10.0 Å². The van der Waals surface area contributed by atoms with E-state index in [1.165, 1.54) is 121 Å². The number of aliphatic hydroxyl groups excluding tert-OH is 2. The van der Waals surface area contributed by atoms with Crippen LogP contribution in [0.5, 0.6) is 0 Å². The zero-order valence-corrected chi connectivity index (χ0v) is 78.4. The number of benzene rings is 7. The molecule has 2 aliphatic heterocycles. The van der Waals surface area contributed by atoms with Crippen LogP contribution in [0.1, 0.15) is 227 Å². The van der Waals surface area contributed by atoms with E-state index in [0.29, 0.717) is 71.7 Å². The van der Waals surface area contributed by atoms with Crippen molar-refractivity contribution in [3.8, 4) is 44.8 Å². The quantitative estimate of drug-likeness (QED) is 0.0136. The van der Waals surface area contributed by atoms with E-state index >= 15 is 0 Å². The third-order valence-electron chi connectivity index (χ3n) is 20.4. The Balaban J connectivity index is 0.000000315. The maximum atomic E-state index is 14.2. The third kappa shape index (κ3) is 33.4. The number of nitrogens with two attached hydrogens (primary N) is 1. The van der Waals surface area contributed by atoms with Gasteiger partial charge in [-0.1, -0.05) is 104 Å². The van der Waals surface area contributed by atoms with E-state index in [0.717, 1.165) is 34.5 Å². The van der Waals surface area contributed by atoms with E-state index in [1.807, 2.05) is 83.1 Å². The first-order valence-corrected chi connectivity index (χ1v) is 43.7. The van der Waals surface area contributed by atoms with Crippen molar-refractivity contribution < 1.29 is 132 Å². The minimum absolute atomic E-state index is 0. The number of sulfonamides is 1. The van der Waals surface area contributed by atoms with E-state index in [9.17, 15) is 74.1 Å². The Bertz CT molecular complexity index is 5160. The van der Waals surface area contributed by atoms with Crippen LogP contribution in [0.25, 0.3) is 44.8 Å². The standard InChI is InChI=1S/C33H41F2NO4.C32H34F2N2O6S.C19H18F2O2.C14H27NO4.CH4.B.Na/c1-21(2)29-20-28(22-8-12-24(34)13-9-22)31(23-10-14-25(35)15-11-23)36(29)17-16-26-18-27(39-33(6,7)38-26)19-30(37)40-32(3,4)5;1-20(2)30-32(43(41,42)35-25-6-4-3-5-7-25)29(21-8-12-23(33)13-9-21)31(22-10-14-24(34)15-11-22)36(30)17-16-26(37)18-27(38)19-28(39)40;1-12(2)18(22)11-17(13-3-7-15(20)8-4-13)19(23)14-5-9-16(21)10-6-14;1-13(2,3)19-12(16)9-11-8-10(6-7-15)17-14(4,5)18-11;;;/h8-15,20-21,26-27H,16-19H2,1-7H3;3-15,20,26-27,35,37-38H,16-19H2,1-2H3,(H,39,40);3-10,12,17H,11H2,1-2H3;10-11H,6-9,15H2,1-5H3;1H4;;/q;;;;;;+1/p-1/t2*26-,27-;;10-,11-;;;/m11.1.../s1. The Labute approximate surface area is 774 Å². The number of nitrogens with one attached hydrogen (secondary N) is 1. The molecule has 7 atom stereocenters. The smallest absolute Gasteiger partial charge is 0.550 e. The number of hydrogen-bond donors (Lipinski definition) is 4. The summed E-state index contributed by atoms with van der Waals surface area (Å²) in [5.41, 5.74) is 12.5. The van der Waals surface area contributed by atoms with Crippen LogP contribution in [0.2, 0.25) is 0 Å². The number of halogens is 6. The van der Waals surface area contributed by atoms with Crippen molar-refractivity contribution in [3.05, 3.63) is 239 Å². The van der Waals surface area contributed by atoms with E-state index in [1.54, 1.807) is 73.0 Å². The van der Waals surface area contributed by atoms with E-state index < -0.39 is 86.6 Å². The van der Waals surface area contributed by atoms with Crippen LogP contribution in [0.3, 0.4) is 0 Å². The van der Waals surface area contributed by atoms with Crippen LogP contribution in [0.15, 0.2) is 187 Å². The number of carboxylic acids is 1. The van der Waals surface area contributed by atoms with Crippen molar-refractivity contribution in [2.24, 2.45) is 11.7 Å². The molecule has 5 N–H and O–H groups in total. The topological polar surface area (TPSA) is 286 Å². The molecule has 7 aromatic carbocycles. The first-order chi connectivity index (χ1) is 58.6. The average Bonchev–Trinajstić information content (AvgIpc) is 1.58. The zero-order valence-electron chi connectivity index (χ0n) is 75.6. The van der Waals surface area contributed by atoms with Gasteiger partial charge in [-0.25, -0.2) is 34.8 Å². The molecule has 2 fully saturated rings. The molecular weight excluding hydrogens is 1680 g/mol. The molecule has 687 valence electrons. The van der Waals surface area contributed by atoms with Gasteiger partial charge in [0.15, 0.2) is 17.4 Å². The fourth-order valence-electron chi connectivity index (χ4n) is 15.2. The maximum absolute atomic E-state index is 14.2. The van der Waals surface area contributed by atoms with Crippen molar-refractivity contribution in [2.75, 3.05) is 11.3 Å². The number of rotatable bonds is 31. The Kier molecular flexibility index (Phi) is 41.7. The van der Waals surface area contributed by atoms with Gasteiger partial charge in [-0.15, -0.1) is 0 Å². The van der Waals surface area contributed by atoms with Crippen molar-refractivity contribution in [2.45, 2.75) is 278 Å². The summed E-state index contributed by atoms with van der Waals surface area (Å²) >= 11 is 0. The summed E-state index contributed by atoms with van der Waals surface area (Å²) < 4.78 is 152. The molecule has 2 saturated heterocycles. The van der Waals surface area contributed by atoms with Crippen molar-refractivity contribution in [1.29, 1.82) is 0 Å². The average molecular weight is 1800 g/mol. The number of aromatic nitrogens is 2. The number of nitrogens with zero attached hydrogens (tertiary/aromatic N) is 2. The molecule has 20 nitrogen and oxygen atoms in total. The zero-order chi connectivity index (χ0) is 92.2. The molecule has 0 bridgehead atoms. The molecule has 0 aliphatic carbocycles. The predicted molar refractivity (Wildman–Crippen MR) is 480 cm³/mol. The number of aliphatic carboxylic acids is 1. The van der Waals surface area contributed by atoms with Gasteiger partial charge in [0.05, 0.1) is 66.8 Å². The summed E-state index contributed by atoms with van der Waals surface area (Å²) in [5.74, 6) is -7.31. The summed E-state index contributed by atoms with van der Waals surface area (Å²) in [6.45, 7) is 31.3. The number of ketones is 2. The number of para-hydroxylation sites is 1. The molecule has 2 aromatic heterocycles. The summed E-state index contributed by atoms with van der Waals surface area (Å²) in [6.07, 6.45) is -0.721. The van der Waals surface area contributed by atoms with Crippen LogP contribution in [-0.4, -0.2) is 132 Å². The van der Waals surface area contributed by atoms with E-state index in [2.05, 4.69) is 29.2 Å². The van der Waals surface area contributed by atoms with Crippen molar-refractivity contribution in [3.63, 3.8) is 0 Å². The summed E-state index contributed by atoms with van der Waals surface area (Å²) in [7, 11) is -4.28. The second-order valence-corrected chi connectivity index (χ2v) is 36.9. The monoisotopic (exact) mass is 1800 g/mol. The molecule has 128 heavy (non-hydrogen) atoms. The minimum atomic E-state index is -4.28. The number of ether oxygens (including phenoxy) is 6. The number of carboxylic acid groups (broad SMARTS) is 1.